The molecule has 1 unspecified atom stereocenters. The van der Waals surface area contributed by atoms with Gasteiger partial charge in [0.25, 0.3) is 11.8 Å². The molecule has 2 heterocycles. The Kier molecular flexibility index (Phi) is 7.24. The van der Waals surface area contributed by atoms with Crippen LogP contribution in [0.4, 0.5) is 0 Å². The highest BCUT2D eigenvalue weighted by Crippen LogP contribution is 2.10. The van der Waals surface area contributed by atoms with Gasteiger partial charge in [0, 0.05) is 18.5 Å². The van der Waals surface area contributed by atoms with Gasteiger partial charge in [-0.15, -0.1) is 0 Å². The second kappa shape index (κ2) is 9.85. The Bertz CT molecular complexity index is 641. The van der Waals surface area contributed by atoms with E-state index in [1.165, 1.54) is 20.9 Å². The van der Waals surface area contributed by atoms with Gasteiger partial charge in [0.2, 0.25) is 0 Å². The minimum Gasteiger partial charge on any atom is -0.351 e. The minimum absolute atomic E-state index is 0.134. The maximum atomic E-state index is 12.7. The fourth-order valence-electron chi connectivity index (χ4n) is 4.06. The normalized spacial score (nSPS) is 20.2. The average molecular weight is 375 g/mol. The third-order valence-electron chi connectivity index (χ3n) is 5.79. The molecule has 2 aliphatic heterocycles. The van der Waals surface area contributed by atoms with Crippen LogP contribution in [0.25, 0.3) is 0 Å². The largest absolute Gasteiger partial charge is 0.351 e. The van der Waals surface area contributed by atoms with Crippen molar-refractivity contribution in [3.63, 3.8) is 0 Å². The van der Waals surface area contributed by atoms with Crippen LogP contribution in [0.1, 0.15) is 30.9 Å². The maximum Gasteiger partial charge on any atom is 0.278 e. The van der Waals surface area contributed by atoms with Crippen molar-refractivity contribution in [3.8, 4) is 0 Å². The molecular weight excluding hydrogens is 340 g/mol. The molecule has 2 aliphatic rings. The summed E-state index contributed by atoms with van der Waals surface area (Å²) in [5.74, 6) is 0.394. The van der Waals surface area contributed by atoms with Crippen LogP contribution in [-0.4, -0.2) is 69.1 Å². The van der Waals surface area contributed by atoms with Crippen molar-refractivity contribution in [1.29, 1.82) is 0 Å². The van der Waals surface area contributed by atoms with E-state index in [1.807, 2.05) is 4.90 Å². The first-order chi connectivity index (χ1) is 13.2. The zero-order valence-corrected chi connectivity index (χ0v) is 16.6. The molecule has 0 saturated carbocycles. The highest BCUT2D eigenvalue weighted by atomic mass is 16.2. The Morgan fingerprint density at radius 3 is 2.52 bits per heavy atom. The summed E-state index contributed by atoms with van der Waals surface area (Å²) < 4.78 is 0. The van der Waals surface area contributed by atoms with Crippen LogP contribution in [0.2, 0.25) is 0 Å². The summed E-state index contributed by atoms with van der Waals surface area (Å²) in [6.07, 6.45) is 3.19. The van der Waals surface area contributed by atoms with Crippen LogP contribution >= 0.6 is 0 Å². The van der Waals surface area contributed by atoms with Crippen LogP contribution in [0.5, 0.6) is 0 Å². The zero-order valence-electron chi connectivity index (χ0n) is 16.6. The third-order valence-corrected chi connectivity index (χ3v) is 5.79. The summed E-state index contributed by atoms with van der Waals surface area (Å²) in [5, 5.41) is 2.98. The van der Waals surface area contributed by atoms with Crippen molar-refractivity contribution in [2.24, 2.45) is 0 Å². The number of benzene rings is 1. The lowest BCUT2D eigenvalue weighted by molar-refractivity contribution is -0.909. The topological polar surface area (TPSA) is 58.3 Å². The SMILES string of the molecule is CCCCNC(=O)C[NH+]1CCN(C(=O)C[NH+]2CCc3ccccc3C2)CC1. The van der Waals surface area contributed by atoms with Gasteiger partial charge in [-0.05, 0) is 12.0 Å². The Labute approximate surface area is 162 Å². The highest BCUT2D eigenvalue weighted by Gasteiger charge is 2.28. The Balaban J connectivity index is 1.38. The van der Waals surface area contributed by atoms with Crippen molar-refractivity contribution >= 4 is 11.8 Å². The molecule has 0 aromatic heterocycles. The van der Waals surface area contributed by atoms with E-state index in [4.69, 9.17) is 0 Å². The first kappa shape index (κ1) is 19.8. The fraction of sp³-hybridized carbons (Fsp3) is 0.619. The number of hydrogen-bond acceptors (Lipinski definition) is 2. The standard InChI is InChI=1S/C21H32N4O2/c1-2-3-9-22-20(26)16-23-11-13-25(14-12-23)21(27)17-24-10-8-18-6-4-5-7-19(18)15-24/h4-7H,2-3,8-17H2,1H3,(H,22,26)/p+2. The van der Waals surface area contributed by atoms with Crippen LogP contribution in [0, 0.1) is 0 Å². The molecule has 3 rings (SSSR count). The number of amides is 2. The molecule has 1 aromatic rings. The van der Waals surface area contributed by atoms with Gasteiger partial charge < -0.3 is 20.0 Å². The van der Waals surface area contributed by atoms with E-state index in [1.54, 1.807) is 0 Å². The summed E-state index contributed by atoms with van der Waals surface area (Å²) in [6.45, 7) is 9.25. The van der Waals surface area contributed by atoms with Crippen LogP contribution in [0.15, 0.2) is 24.3 Å². The molecule has 2 amide bonds. The van der Waals surface area contributed by atoms with E-state index in [0.29, 0.717) is 13.1 Å². The molecule has 0 bridgehead atoms. The molecule has 27 heavy (non-hydrogen) atoms. The molecule has 1 aromatic carbocycles. The molecule has 6 heteroatoms. The Morgan fingerprint density at radius 2 is 1.78 bits per heavy atom. The number of piperazine rings is 1. The van der Waals surface area contributed by atoms with Gasteiger partial charge in [-0.3, -0.25) is 9.59 Å². The van der Waals surface area contributed by atoms with Gasteiger partial charge in [-0.25, -0.2) is 0 Å². The number of hydrogen-bond donors (Lipinski definition) is 3. The summed E-state index contributed by atoms with van der Waals surface area (Å²) in [5.41, 5.74) is 2.82. The van der Waals surface area contributed by atoms with Crippen LogP contribution in [0.3, 0.4) is 0 Å². The first-order valence-corrected chi connectivity index (χ1v) is 10.4. The van der Waals surface area contributed by atoms with E-state index in [9.17, 15) is 9.59 Å². The van der Waals surface area contributed by atoms with Crippen LogP contribution in [-0.2, 0) is 22.6 Å². The Hall–Kier alpha value is -1.92. The molecule has 0 aliphatic carbocycles. The van der Waals surface area contributed by atoms with Gasteiger partial charge in [0.05, 0.1) is 32.7 Å². The van der Waals surface area contributed by atoms with Crippen molar-refractivity contribution < 1.29 is 19.4 Å². The number of carbonyl (C=O) groups excluding carboxylic acids is 2. The van der Waals surface area contributed by atoms with E-state index in [0.717, 1.165) is 65.1 Å². The number of unbranched alkanes of at least 4 members (excludes halogenated alkanes) is 1. The fourth-order valence-corrected chi connectivity index (χ4v) is 4.06. The van der Waals surface area contributed by atoms with Crippen molar-refractivity contribution in [2.75, 3.05) is 52.4 Å². The van der Waals surface area contributed by atoms with E-state index in [2.05, 4.69) is 36.5 Å². The quantitative estimate of drug-likeness (QED) is 0.497. The van der Waals surface area contributed by atoms with E-state index >= 15 is 0 Å². The molecule has 1 fully saturated rings. The third kappa shape index (κ3) is 5.78. The van der Waals surface area contributed by atoms with Crippen molar-refractivity contribution in [1.82, 2.24) is 10.2 Å². The smallest absolute Gasteiger partial charge is 0.278 e. The highest BCUT2D eigenvalue weighted by molar-refractivity contribution is 5.77. The van der Waals surface area contributed by atoms with E-state index < -0.39 is 0 Å². The lowest BCUT2D eigenvalue weighted by Crippen LogP contribution is -3.16. The second-order valence-electron chi connectivity index (χ2n) is 7.88. The number of fused-ring (bicyclic) bond motifs is 1. The molecule has 148 valence electrons. The lowest BCUT2D eigenvalue weighted by atomic mass is 10.00. The maximum absolute atomic E-state index is 12.7. The predicted molar refractivity (Wildman–Crippen MR) is 105 cm³/mol. The summed E-state index contributed by atoms with van der Waals surface area (Å²) >= 11 is 0. The number of rotatable bonds is 7. The average Bonchev–Trinajstić information content (AvgIpc) is 2.68. The van der Waals surface area contributed by atoms with Gasteiger partial charge in [0.1, 0.15) is 6.54 Å². The first-order valence-electron chi connectivity index (χ1n) is 10.4. The molecule has 1 saturated heterocycles. The summed E-state index contributed by atoms with van der Waals surface area (Å²) in [7, 11) is 0. The second-order valence-corrected chi connectivity index (χ2v) is 7.88. The zero-order chi connectivity index (χ0) is 19.1. The number of quaternary nitrogens is 2. The number of nitrogens with one attached hydrogen (secondary N) is 3. The monoisotopic (exact) mass is 374 g/mol. The lowest BCUT2D eigenvalue weighted by Gasteiger charge is -2.33. The van der Waals surface area contributed by atoms with Crippen LogP contribution < -0.4 is 15.1 Å². The predicted octanol–water partition coefficient (Wildman–Crippen LogP) is -1.73. The summed E-state index contributed by atoms with van der Waals surface area (Å²) in [4.78, 5) is 29.3. The van der Waals surface area contributed by atoms with Crippen molar-refractivity contribution in [3.05, 3.63) is 35.4 Å². The van der Waals surface area contributed by atoms with Gasteiger partial charge in [0.15, 0.2) is 13.1 Å². The molecule has 6 nitrogen and oxygen atoms in total. The Morgan fingerprint density at radius 1 is 1.04 bits per heavy atom. The van der Waals surface area contributed by atoms with Gasteiger partial charge in [-0.2, -0.15) is 0 Å². The minimum atomic E-state index is 0.134. The molecule has 0 radical (unpaired) electrons. The van der Waals surface area contributed by atoms with E-state index in [-0.39, 0.29) is 11.8 Å². The molecule has 0 spiro atoms. The number of carbonyl (C=O) groups is 2. The molecule has 3 N–H and O–H groups in total. The number of nitrogens with zero attached hydrogens (tertiary/aromatic N) is 1. The van der Waals surface area contributed by atoms with Crippen molar-refractivity contribution in [2.45, 2.75) is 32.7 Å². The molecule has 1 atom stereocenters. The molecular formula is C21H34N4O2+2. The summed E-state index contributed by atoms with van der Waals surface area (Å²) in [6, 6.07) is 8.58. The van der Waals surface area contributed by atoms with Gasteiger partial charge >= 0.3 is 0 Å². The van der Waals surface area contributed by atoms with Gasteiger partial charge in [-0.1, -0.05) is 37.6 Å².